The third-order valence-corrected chi connectivity index (χ3v) is 3.35. The van der Waals surface area contributed by atoms with E-state index in [-0.39, 0.29) is 17.7 Å². The maximum absolute atomic E-state index is 13.8. The Morgan fingerprint density at radius 3 is 2.70 bits per heavy atom. The number of nitrogens with zero attached hydrogens (tertiary/aromatic N) is 2. The quantitative estimate of drug-likeness (QED) is 0.664. The summed E-state index contributed by atoms with van der Waals surface area (Å²) in [6, 6.07) is 9.89. The highest BCUT2D eigenvalue weighted by Gasteiger charge is 2.17. The van der Waals surface area contributed by atoms with Gasteiger partial charge in [-0.3, -0.25) is 5.41 Å². The van der Waals surface area contributed by atoms with Crippen molar-refractivity contribution in [1.82, 2.24) is 4.98 Å². The zero-order valence-electron chi connectivity index (χ0n) is 11.5. The van der Waals surface area contributed by atoms with Crippen molar-refractivity contribution in [1.29, 1.82) is 5.41 Å². The van der Waals surface area contributed by atoms with E-state index in [9.17, 15) is 4.39 Å². The molecule has 1 aromatic carbocycles. The first-order valence-electron chi connectivity index (χ1n) is 6.28. The minimum atomic E-state index is -0.241. The molecule has 5 heteroatoms. The molecule has 104 valence electrons. The largest absolute Gasteiger partial charge is 0.384 e. The molecule has 2 rings (SSSR count). The molecule has 0 fully saturated rings. The van der Waals surface area contributed by atoms with Gasteiger partial charge >= 0.3 is 0 Å². The highest BCUT2D eigenvalue weighted by Crippen LogP contribution is 2.25. The Morgan fingerprint density at radius 2 is 2.05 bits per heavy atom. The van der Waals surface area contributed by atoms with Crippen molar-refractivity contribution in [2.45, 2.75) is 13.0 Å². The van der Waals surface area contributed by atoms with Crippen LogP contribution in [-0.4, -0.2) is 17.9 Å². The summed E-state index contributed by atoms with van der Waals surface area (Å²) in [6.07, 6.45) is 1.59. The van der Waals surface area contributed by atoms with Crippen molar-refractivity contribution in [3.05, 3.63) is 59.5 Å². The second kappa shape index (κ2) is 5.69. The van der Waals surface area contributed by atoms with Gasteiger partial charge in [-0.05, 0) is 25.1 Å². The molecule has 0 saturated heterocycles. The summed E-state index contributed by atoms with van der Waals surface area (Å²) >= 11 is 0. The average Bonchev–Trinajstić information content (AvgIpc) is 2.46. The lowest BCUT2D eigenvalue weighted by Crippen LogP contribution is -2.24. The lowest BCUT2D eigenvalue weighted by molar-refractivity contribution is 0.584. The molecule has 3 N–H and O–H groups in total. The Labute approximate surface area is 117 Å². The molecule has 0 aliphatic rings. The Bertz CT molecular complexity index is 627. The monoisotopic (exact) mass is 272 g/mol. The van der Waals surface area contributed by atoms with E-state index in [1.54, 1.807) is 30.5 Å². The Morgan fingerprint density at radius 1 is 1.35 bits per heavy atom. The van der Waals surface area contributed by atoms with E-state index in [0.717, 1.165) is 0 Å². The number of rotatable bonds is 4. The number of nitrogens with one attached hydrogen (secondary N) is 1. The van der Waals surface area contributed by atoms with Crippen LogP contribution in [0.5, 0.6) is 0 Å². The van der Waals surface area contributed by atoms with Crippen LogP contribution in [0.2, 0.25) is 0 Å². The van der Waals surface area contributed by atoms with E-state index in [4.69, 9.17) is 11.1 Å². The lowest BCUT2D eigenvalue weighted by atomic mass is 10.1. The van der Waals surface area contributed by atoms with Crippen molar-refractivity contribution in [2.75, 3.05) is 11.9 Å². The first-order chi connectivity index (χ1) is 9.50. The first-order valence-corrected chi connectivity index (χ1v) is 6.28. The zero-order chi connectivity index (χ0) is 14.7. The van der Waals surface area contributed by atoms with Crippen LogP contribution in [0.15, 0.2) is 42.6 Å². The number of benzene rings is 1. The average molecular weight is 272 g/mol. The van der Waals surface area contributed by atoms with Crippen molar-refractivity contribution >= 4 is 11.7 Å². The molecule has 0 amide bonds. The van der Waals surface area contributed by atoms with Gasteiger partial charge in [0.1, 0.15) is 17.5 Å². The summed E-state index contributed by atoms with van der Waals surface area (Å²) in [4.78, 5) is 6.10. The van der Waals surface area contributed by atoms with Gasteiger partial charge in [0, 0.05) is 24.4 Å². The number of pyridine rings is 1. The molecule has 0 aliphatic carbocycles. The van der Waals surface area contributed by atoms with Crippen LogP contribution in [0.4, 0.5) is 10.2 Å². The van der Waals surface area contributed by atoms with E-state index in [1.165, 1.54) is 6.07 Å². The number of nitrogen functional groups attached to an aromatic ring is 1. The highest BCUT2D eigenvalue weighted by atomic mass is 19.1. The molecule has 1 aromatic heterocycles. The smallest absolute Gasteiger partial charge is 0.129 e. The minimum Gasteiger partial charge on any atom is -0.384 e. The third kappa shape index (κ3) is 2.77. The van der Waals surface area contributed by atoms with Gasteiger partial charge in [-0.15, -0.1) is 0 Å². The first kappa shape index (κ1) is 14.0. The van der Waals surface area contributed by atoms with Gasteiger partial charge in [-0.2, -0.15) is 0 Å². The molecule has 0 radical (unpaired) electrons. The summed E-state index contributed by atoms with van der Waals surface area (Å²) in [5.41, 5.74) is 6.67. The van der Waals surface area contributed by atoms with Gasteiger partial charge in [-0.1, -0.05) is 18.2 Å². The predicted molar refractivity (Wildman–Crippen MR) is 78.5 cm³/mol. The molecule has 0 bridgehead atoms. The molecule has 0 spiro atoms. The highest BCUT2D eigenvalue weighted by molar-refractivity contribution is 5.95. The van der Waals surface area contributed by atoms with Crippen molar-refractivity contribution in [3.63, 3.8) is 0 Å². The standard InChI is InChI=1S/C15H17FN4/c1-10(12-5-3-4-6-13(12)16)20(2)14-9-11(15(17)18)7-8-19-14/h3-10H,1-2H3,(H3,17,18). The third-order valence-electron chi connectivity index (χ3n) is 3.35. The van der Waals surface area contributed by atoms with Crippen molar-refractivity contribution < 1.29 is 4.39 Å². The molecule has 1 heterocycles. The summed E-state index contributed by atoms with van der Waals surface area (Å²) in [5.74, 6) is 0.392. The number of nitrogens with two attached hydrogens (primary N) is 1. The van der Waals surface area contributed by atoms with Gasteiger partial charge in [0.05, 0.1) is 6.04 Å². The van der Waals surface area contributed by atoms with Crippen LogP contribution in [0.25, 0.3) is 0 Å². The van der Waals surface area contributed by atoms with Gasteiger partial charge in [-0.25, -0.2) is 9.37 Å². The van der Waals surface area contributed by atoms with Gasteiger partial charge in [0.15, 0.2) is 0 Å². The Hall–Kier alpha value is -2.43. The molecule has 1 atom stereocenters. The summed E-state index contributed by atoms with van der Waals surface area (Å²) < 4.78 is 13.8. The summed E-state index contributed by atoms with van der Waals surface area (Å²) in [5, 5.41) is 7.45. The maximum atomic E-state index is 13.8. The topological polar surface area (TPSA) is 66.0 Å². The molecule has 4 nitrogen and oxygen atoms in total. The minimum absolute atomic E-state index is 0.0133. The Balaban J connectivity index is 2.31. The number of hydrogen-bond acceptors (Lipinski definition) is 3. The molecular formula is C15H17FN4. The molecule has 0 saturated carbocycles. The molecule has 0 aliphatic heterocycles. The molecular weight excluding hydrogens is 255 g/mol. The van der Waals surface area contributed by atoms with E-state index >= 15 is 0 Å². The van der Waals surface area contributed by atoms with Crippen LogP contribution in [0, 0.1) is 11.2 Å². The molecule has 2 aromatic rings. The molecule has 20 heavy (non-hydrogen) atoms. The fourth-order valence-electron chi connectivity index (χ4n) is 2.00. The van der Waals surface area contributed by atoms with Crippen LogP contribution < -0.4 is 10.6 Å². The van der Waals surface area contributed by atoms with Crippen LogP contribution in [0.3, 0.4) is 0 Å². The number of anilines is 1. The van der Waals surface area contributed by atoms with Gasteiger partial charge in [0.2, 0.25) is 0 Å². The lowest BCUT2D eigenvalue weighted by Gasteiger charge is -2.26. The predicted octanol–water partition coefficient (Wildman–Crippen LogP) is 2.70. The van der Waals surface area contributed by atoms with Gasteiger partial charge in [0.25, 0.3) is 0 Å². The van der Waals surface area contributed by atoms with Crippen LogP contribution in [-0.2, 0) is 0 Å². The summed E-state index contributed by atoms with van der Waals surface area (Å²) in [6.45, 7) is 1.90. The Kier molecular flexibility index (Phi) is 3.98. The number of halogens is 1. The second-order valence-corrected chi connectivity index (χ2v) is 4.62. The van der Waals surface area contributed by atoms with E-state index < -0.39 is 0 Å². The summed E-state index contributed by atoms with van der Waals surface area (Å²) in [7, 11) is 1.84. The van der Waals surface area contributed by atoms with E-state index in [2.05, 4.69) is 4.98 Å². The molecule has 1 unspecified atom stereocenters. The van der Waals surface area contributed by atoms with Gasteiger partial charge < -0.3 is 10.6 Å². The zero-order valence-corrected chi connectivity index (χ0v) is 11.5. The fourth-order valence-corrected chi connectivity index (χ4v) is 2.00. The fraction of sp³-hybridized carbons (Fsp3) is 0.200. The number of amidine groups is 1. The van der Waals surface area contributed by atoms with Crippen LogP contribution >= 0.6 is 0 Å². The van der Waals surface area contributed by atoms with Crippen LogP contribution in [0.1, 0.15) is 24.1 Å². The van der Waals surface area contributed by atoms with E-state index in [1.807, 2.05) is 24.9 Å². The SMILES string of the molecule is CC(c1ccccc1F)N(C)c1cc(C(=N)N)ccn1. The normalized spacial score (nSPS) is 11.9. The number of aromatic nitrogens is 1. The van der Waals surface area contributed by atoms with Crippen molar-refractivity contribution in [2.24, 2.45) is 5.73 Å². The maximum Gasteiger partial charge on any atom is 0.129 e. The van der Waals surface area contributed by atoms with Crippen molar-refractivity contribution in [3.8, 4) is 0 Å². The second-order valence-electron chi connectivity index (χ2n) is 4.62. The van der Waals surface area contributed by atoms with E-state index in [0.29, 0.717) is 16.9 Å². The number of hydrogen-bond donors (Lipinski definition) is 2.